The molecular weight excluding hydrogens is 212 g/mol. The van der Waals surface area contributed by atoms with Gasteiger partial charge in [-0.15, -0.1) is 0 Å². The van der Waals surface area contributed by atoms with Crippen molar-refractivity contribution in [3.63, 3.8) is 0 Å². The Morgan fingerprint density at radius 1 is 1.50 bits per heavy atom. The summed E-state index contributed by atoms with van der Waals surface area (Å²) in [5.74, 6) is -0.899. The van der Waals surface area contributed by atoms with Crippen molar-refractivity contribution in [1.82, 2.24) is 0 Å². The highest BCUT2D eigenvalue weighted by atomic mass is 16.5. The molecule has 6 heteroatoms. The first kappa shape index (κ1) is 12.0. The van der Waals surface area contributed by atoms with Crippen LogP contribution in [0.2, 0.25) is 0 Å². The number of aromatic nitrogens is 1. The van der Waals surface area contributed by atoms with E-state index in [1.807, 2.05) is 0 Å². The second-order valence-corrected chi connectivity index (χ2v) is 3.25. The summed E-state index contributed by atoms with van der Waals surface area (Å²) in [6.45, 7) is 0. The average molecular weight is 224 g/mol. The molecule has 1 heterocycles. The first-order valence-electron chi connectivity index (χ1n) is 4.75. The summed E-state index contributed by atoms with van der Waals surface area (Å²) in [6.07, 6.45) is 3.27. The van der Waals surface area contributed by atoms with Crippen LogP contribution in [-0.2, 0) is 4.79 Å². The van der Waals surface area contributed by atoms with Crippen molar-refractivity contribution in [3.8, 4) is 0 Å². The Bertz CT molecular complexity index is 404. The Labute approximate surface area is 92.0 Å². The summed E-state index contributed by atoms with van der Waals surface area (Å²) in [4.78, 5) is 10.3. The molecule has 0 bridgehead atoms. The van der Waals surface area contributed by atoms with Gasteiger partial charge in [0.1, 0.15) is 0 Å². The number of hydrogen-bond acceptors (Lipinski definition) is 4. The highest BCUT2D eigenvalue weighted by Crippen LogP contribution is 2.06. The largest absolute Gasteiger partial charge is 0.619 e. The highest BCUT2D eigenvalue weighted by Gasteiger charge is 2.08. The molecule has 0 aromatic carbocycles. The van der Waals surface area contributed by atoms with E-state index in [-0.39, 0.29) is 6.42 Å². The average Bonchev–Trinajstić information content (AvgIpc) is 2.24. The molecule has 0 aliphatic rings. The lowest BCUT2D eigenvalue weighted by Crippen LogP contribution is -2.25. The number of hydrogen-bond donors (Lipinski definition) is 2. The SMILES string of the molecule is O=C(O)CCCC(=NO)c1ccc[n+]([O-])c1. The van der Waals surface area contributed by atoms with Crippen molar-refractivity contribution < 1.29 is 19.8 Å². The van der Waals surface area contributed by atoms with Crippen LogP contribution in [0.1, 0.15) is 24.8 Å². The predicted octanol–water partition coefficient (Wildman–Crippen LogP) is 0.753. The van der Waals surface area contributed by atoms with E-state index in [0.717, 1.165) is 0 Å². The minimum atomic E-state index is -0.899. The fourth-order valence-electron chi connectivity index (χ4n) is 1.28. The number of carbonyl (C=O) groups is 1. The molecule has 0 aliphatic carbocycles. The van der Waals surface area contributed by atoms with Crippen LogP contribution in [0.25, 0.3) is 0 Å². The normalized spacial score (nSPS) is 11.4. The molecule has 0 spiro atoms. The second-order valence-electron chi connectivity index (χ2n) is 3.25. The molecule has 0 unspecified atom stereocenters. The van der Waals surface area contributed by atoms with Crippen LogP contribution in [0.3, 0.4) is 0 Å². The van der Waals surface area contributed by atoms with E-state index in [2.05, 4.69) is 5.16 Å². The van der Waals surface area contributed by atoms with Gasteiger partial charge in [-0.25, -0.2) is 0 Å². The smallest absolute Gasteiger partial charge is 0.303 e. The van der Waals surface area contributed by atoms with Crippen molar-refractivity contribution in [2.75, 3.05) is 0 Å². The van der Waals surface area contributed by atoms with Gasteiger partial charge in [0.05, 0.1) is 11.3 Å². The zero-order valence-corrected chi connectivity index (χ0v) is 8.54. The van der Waals surface area contributed by atoms with Gasteiger partial charge in [-0.1, -0.05) is 5.16 Å². The van der Waals surface area contributed by atoms with E-state index in [9.17, 15) is 10.0 Å². The van der Waals surface area contributed by atoms with Crippen LogP contribution in [-0.4, -0.2) is 22.0 Å². The molecule has 16 heavy (non-hydrogen) atoms. The minimum absolute atomic E-state index is 0.00320. The van der Waals surface area contributed by atoms with Crippen molar-refractivity contribution >= 4 is 11.7 Å². The Balaban J connectivity index is 2.65. The second kappa shape index (κ2) is 5.69. The van der Waals surface area contributed by atoms with Gasteiger partial charge < -0.3 is 15.5 Å². The van der Waals surface area contributed by atoms with Gasteiger partial charge in [-0.3, -0.25) is 4.79 Å². The van der Waals surface area contributed by atoms with E-state index in [0.29, 0.717) is 28.8 Å². The maximum atomic E-state index is 11.0. The maximum Gasteiger partial charge on any atom is 0.303 e. The topological polar surface area (TPSA) is 96.8 Å². The first-order chi connectivity index (χ1) is 7.63. The van der Waals surface area contributed by atoms with E-state index >= 15 is 0 Å². The van der Waals surface area contributed by atoms with E-state index in [4.69, 9.17) is 10.3 Å². The Kier molecular flexibility index (Phi) is 4.26. The van der Waals surface area contributed by atoms with Crippen LogP contribution >= 0.6 is 0 Å². The number of rotatable bonds is 5. The summed E-state index contributed by atoms with van der Waals surface area (Å²) >= 11 is 0. The molecule has 0 aliphatic heterocycles. The lowest BCUT2D eigenvalue weighted by molar-refractivity contribution is -0.605. The molecule has 1 aromatic rings. The summed E-state index contributed by atoms with van der Waals surface area (Å²) in [7, 11) is 0. The third kappa shape index (κ3) is 3.56. The highest BCUT2D eigenvalue weighted by molar-refractivity contribution is 5.99. The van der Waals surface area contributed by atoms with Crippen LogP contribution in [0, 0.1) is 5.21 Å². The van der Waals surface area contributed by atoms with Crippen molar-refractivity contribution in [2.45, 2.75) is 19.3 Å². The minimum Gasteiger partial charge on any atom is -0.619 e. The third-order valence-corrected chi connectivity index (χ3v) is 2.03. The molecule has 1 rings (SSSR count). The fraction of sp³-hybridized carbons (Fsp3) is 0.300. The summed E-state index contributed by atoms with van der Waals surface area (Å²) in [5, 5.41) is 31.3. The molecule has 1 aromatic heterocycles. The number of carboxylic acid groups (broad SMARTS) is 1. The quantitative estimate of drug-likeness (QED) is 0.253. The molecule has 0 amide bonds. The molecule has 2 N–H and O–H groups in total. The van der Waals surface area contributed by atoms with Gasteiger partial charge in [0.25, 0.3) is 0 Å². The van der Waals surface area contributed by atoms with Gasteiger partial charge >= 0.3 is 5.97 Å². The van der Waals surface area contributed by atoms with Crippen molar-refractivity contribution in [1.29, 1.82) is 0 Å². The van der Waals surface area contributed by atoms with E-state index in [1.54, 1.807) is 6.07 Å². The summed E-state index contributed by atoms with van der Waals surface area (Å²) in [5.41, 5.74) is 0.803. The first-order valence-corrected chi connectivity index (χ1v) is 4.75. The number of aliphatic carboxylic acids is 1. The maximum absolute atomic E-state index is 11.0. The summed E-state index contributed by atoms with van der Waals surface area (Å²) in [6, 6.07) is 3.16. The molecule has 0 saturated carbocycles. The molecule has 6 nitrogen and oxygen atoms in total. The van der Waals surface area contributed by atoms with Gasteiger partial charge in [0.2, 0.25) is 0 Å². The molecule has 0 atom stereocenters. The Morgan fingerprint density at radius 2 is 2.25 bits per heavy atom. The molecule has 0 saturated heterocycles. The Hall–Kier alpha value is -2.11. The number of nitrogens with zero attached hydrogens (tertiary/aromatic N) is 2. The number of pyridine rings is 1. The lowest BCUT2D eigenvalue weighted by Gasteiger charge is -2.03. The standard InChI is InChI=1S/C10H12N2O4/c13-10(14)5-1-4-9(11-15)8-3-2-6-12(16)7-8/h2-3,6-7,15H,1,4-5H2,(H,13,14). The number of carboxylic acids is 1. The third-order valence-electron chi connectivity index (χ3n) is 2.03. The summed E-state index contributed by atoms with van der Waals surface area (Å²) < 4.78 is 0.595. The van der Waals surface area contributed by atoms with Crippen LogP contribution in [0.4, 0.5) is 0 Å². The van der Waals surface area contributed by atoms with E-state index in [1.165, 1.54) is 18.5 Å². The lowest BCUT2D eigenvalue weighted by atomic mass is 10.1. The van der Waals surface area contributed by atoms with E-state index < -0.39 is 5.97 Å². The van der Waals surface area contributed by atoms with Crippen molar-refractivity contribution in [2.24, 2.45) is 5.16 Å². The fourth-order valence-corrected chi connectivity index (χ4v) is 1.28. The predicted molar refractivity (Wildman–Crippen MR) is 55.2 cm³/mol. The van der Waals surface area contributed by atoms with Gasteiger partial charge in [0.15, 0.2) is 12.4 Å². The molecule has 0 radical (unpaired) electrons. The van der Waals surface area contributed by atoms with Gasteiger partial charge in [-0.2, -0.15) is 4.73 Å². The number of oxime groups is 1. The zero-order chi connectivity index (χ0) is 12.0. The Morgan fingerprint density at radius 3 is 2.81 bits per heavy atom. The van der Waals surface area contributed by atoms with Gasteiger partial charge in [0, 0.05) is 12.5 Å². The van der Waals surface area contributed by atoms with Crippen LogP contribution in [0.15, 0.2) is 29.7 Å². The van der Waals surface area contributed by atoms with Crippen LogP contribution < -0.4 is 4.73 Å². The molecule has 0 fully saturated rings. The molecular formula is C10H12N2O4. The van der Waals surface area contributed by atoms with Crippen LogP contribution in [0.5, 0.6) is 0 Å². The monoisotopic (exact) mass is 224 g/mol. The molecule has 86 valence electrons. The van der Waals surface area contributed by atoms with Crippen molar-refractivity contribution in [3.05, 3.63) is 35.3 Å². The van der Waals surface area contributed by atoms with Gasteiger partial charge in [-0.05, 0) is 18.9 Å². The zero-order valence-electron chi connectivity index (χ0n) is 8.54.